The molecule has 6 atom stereocenters. The Morgan fingerprint density at radius 1 is 1.21 bits per heavy atom. The Balaban J connectivity index is 1.25. The lowest BCUT2D eigenvalue weighted by Crippen LogP contribution is -2.66. The molecule has 5 unspecified atom stereocenters. The van der Waals surface area contributed by atoms with Gasteiger partial charge in [0.2, 0.25) is 5.91 Å². The second-order valence-corrected chi connectivity index (χ2v) is 7.85. The number of hydrogen-bond donors (Lipinski definition) is 1. The molecule has 5 aliphatic rings. The van der Waals surface area contributed by atoms with E-state index < -0.39 is 0 Å². The normalized spacial score (nSPS) is 56.5. The number of carbonyl (C=O) groups excluding carboxylic acids is 1. The Labute approximate surface area is 114 Å². The van der Waals surface area contributed by atoms with Gasteiger partial charge in [-0.2, -0.15) is 0 Å². The topological polar surface area (TPSA) is 38.3 Å². The lowest BCUT2D eigenvalue weighted by molar-refractivity contribution is -0.251. The van der Waals surface area contributed by atoms with Crippen molar-refractivity contribution in [1.82, 2.24) is 5.32 Å². The van der Waals surface area contributed by atoms with Crippen LogP contribution in [0.1, 0.15) is 44.9 Å². The maximum absolute atomic E-state index is 11.5. The summed E-state index contributed by atoms with van der Waals surface area (Å²) in [6.07, 6.45) is 9.48. The average Bonchev–Trinajstić information content (AvgIpc) is 2.98. The van der Waals surface area contributed by atoms with E-state index in [1.165, 1.54) is 38.5 Å². The van der Waals surface area contributed by atoms with E-state index in [0.717, 1.165) is 42.7 Å². The van der Waals surface area contributed by atoms with Gasteiger partial charge >= 0.3 is 0 Å². The fraction of sp³-hybridized carbons (Fsp3) is 0.938. The van der Waals surface area contributed by atoms with Crippen molar-refractivity contribution in [2.75, 3.05) is 13.2 Å². The first-order valence-corrected chi connectivity index (χ1v) is 8.13. The first kappa shape index (κ1) is 11.1. The Kier molecular flexibility index (Phi) is 1.97. The van der Waals surface area contributed by atoms with Gasteiger partial charge in [0.1, 0.15) is 6.10 Å². The predicted octanol–water partition coefficient (Wildman–Crippen LogP) is 2.11. The average molecular weight is 261 g/mol. The maximum atomic E-state index is 11.5. The van der Waals surface area contributed by atoms with Crippen LogP contribution in [0.25, 0.3) is 0 Å². The predicted molar refractivity (Wildman–Crippen MR) is 70.4 cm³/mol. The molecule has 1 heterocycles. The molecule has 0 aromatic carbocycles. The van der Waals surface area contributed by atoms with Crippen LogP contribution in [0, 0.1) is 28.6 Å². The SMILES string of the molecule is O=C1NCC[C@H]1OCCC12CC3CC4CC(C1)C42C3. The Hall–Kier alpha value is -0.570. The van der Waals surface area contributed by atoms with Crippen molar-refractivity contribution in [3.8, 4) is 0 Å². The summed E-state index contributed by atoms with van der Waals surface area (Å²) in [4.78, 5) is 11.5. The fourth-order valence-corrected chi connectivity index (χ4v) is 6.96. The number of carbonyl (C=O) groups is 1. The molecule has 5 rings (SSSR count). The molecule has 104 valence electrons. The van der Waals surface area contributed by atoms with Gasteiger partial charge in [-0.05, 0) is 73.5 Å². The van der Waals surface area contributed by atoms with E-state index in [-0.39, 0.29) is 12.0 Å². The van der Waals surface area contributed by atoms with E-state index in [9.17, 15) is 4.79 Å². The van der Waals surface area contributed by atoms with E-state index in [0.29, 0.717) is 5.41 Å². The summed E-state index contributed by atoms with van der Waals surface area (Å²) in [6.45, 7) is 1.61. The minimum absolute atomic E-state index is 0.108. The van der Waals surface area contributed by atoms with Crippen LogP contribution >= 0.6 is 0 Å². The Bertz CT molecular complexity index is 450. The largest absolute Gasteiger partial charge is 0.368 e. The van der Waals surface area contributed by atoms with Crippen molar-refractivity contribution in [3.63, 3.8) is 0 Å². The highest BCUT2D eigenvalue weighted by Gasteiger charge is 2.79. The molecule has 1 aliphatic heterocycles. The van der Waals surface area contributed by atoms with Crippen molar-refractivity contribution in [3.05, 3.63) is 0 Å². The first-order valence-electron chi connectivity index (χ1n) is 8.13. The highest BCUT2D eigenvalue weighted by molar-refractivity contribution is 5.82. The van der Waals surface area contributed by atoms with Crippen LogP contribution in [-0.4, -0.2) is 25.2 Å². The monoisotopic (exact) mass is 261 g/mol. The molecule has 4 saturated carbocycles. The number of fused-ring (bicyclic) bond motifs is 1. The van der Waals surface area contributed by atoms with Crippen LogP contribution in [0.5, 0.6) is 0 Å². The van der Waals surface area contributed by atoms with Gasteiger partial charge in [-0.1, -0.05) is 0 Å². The van der Waals surface area contributed by atoms with Crippen LogP contribution in [0.2, 0.25) is 0 Å². The third-order valence-corrected chi connectivity index (χ3v) is 7.47. The minimum atomic E-state index is -0.152. The molecule has 1 saturated heterocycles. The maximum Gasteiger partial charge on any atom is 0.249 e. The summed E-state index contributed by atoms with van der Waals surface area (Å²) in [5, 5.41) is 2.86. The third kappa shape index (κ3) is 1.14. The zero-order valence-corrected chi connectivity index (χ0v) is 11.5. The zero-order valence-electron chi connectivity index (χ0n) is 11.5. The second-order valence-electron chi connectivity index (χ2n) is 7.85. The number of hydrogen-bond acceptors (Lipinski definition) is 2. The summed E-state index contributed by atoms with van der Waals surface area (Å²) < 4.78 is 5.87. The van der Waals surface area contributed by atoms with Crippen LogP contribution in [0.3, 0.4) is 0 Å². The van der Waals surface area contributed by atoms with Gasteiger partial charge < -0.3 is 10.1 Å². The molecule has 3 nitrogen and oxygen atoms in total. The Morgan fingerprint density at radius 3 is 2.89 bits per heavy atom. The molecule has 0 aromatic rings. The van der Waals surface area contributed by atoms with Gasteiger partial charge in [-0.15, -0.1) is 0 Å². The van der Waals surface area contributed by atoms with Crippen molar-refractivity contribution in [1.29, 1.82) is 0 Å². The number of amides is 1. The molecule has 5 fully saturated rings. The third-order valence-electron chi connectivity index (χ3n) is 7.47. The lowest BCUT2D eigenvalue weighted by Gasteiger charge is -2.73. The smallest absolute Gasteiger partial charge is 0.249 e. The van der Waals surface area contributed by atoms with Crippen molar-refractivity contribution in [2.45, 2.75) is 51.0 Å². The fourth-order valence-electron chi connectivity index (χ4n) is 6.96. The standard InChI is InChI=1S/C16H23NO2/c18-14-13(1-3-17-14)19-4-2-15-7-10-5-11-6-12(9-15)16(11,15)8-10/h10-13H,1-9H2,(H,17,18)/t10?,11?,12?,13-,15?,16?/m1/s1. The van der Waals surface area contributed by atoms with E-state index in [1.54, 1.807) is 0 Å². The molecule has 3 heteroatoms. The van der Waals surface area contributed by atoms with Gasteiger partial charge in [-0.3, -0.25) is 4.79 Å². The molecule has 1 amide bonds. The lowest BCUT2D eigenvalue weighted by atomic mass is 9.31. The summed E-state index contributed by atoms with van der Waals surface area (Å²) in [6, 6.07) is 0. The number of nitrogens with one attached hydrogen (secondary N) is 1. The van der Waals surface area contributed by atoms with Crippen LogP contribution < -0.4 is 5.32 Å². The summed E-state index contributed by atoms with van der Waals surface area (Å²) in [7, 11) is 0. The molecule has 1 N–H and O–H groups in total. The molecule has 0 radical (unpaired) electrons. The van der Waals surface area contributed by atoms with Crippen LogP contribution in [0.15, 0.2) is 0 Å². The Morgan fingerprint density at radius 2 is 2.16 bits per heavy atom. The van der Waals surface area contributed by atoms with Gasteiger partial charge in [0.25, 0.3) is 0 Å². The minimum Gasteiger partial charge on any atom is -0.368 e. The quantitative estimate of drug-likeness (QED) is 0.841. The molecular formula is C16H23NO2. The number of ether oxygens (including phenoxy) is 1. The van der Waals surface area contributed by atoms with Gasteiger partial charge in [0.05, 0.1) is 0 Å². The number of rotatable bonds is 4. The molecule has 0 aromatic heterocycles. The zero-order chi connectivity index (χ0) is 12.7. The van der Waals surface area contributed by atoms with E-state index >= 15 is 0 Å². The van der Waals surface area contributed by atoms with Crippen molar-refractivity contribution >= 4 is 5.91 Å². The summed E-state index contributed by atoms with van der Waals surface area (Å²) in [5.41, 5.74) is 1.40. The van der Waals surface area contributed by atoms with Gasteiger partial charge in [0.15, 0.2) is 0 Å². The molecule has 4 aliphatic carbocycles. The molecule has 19 heavy (non-hydrogen) atoms. The van der Waals surface area contributed by atoms with Crippen LogP contribution in [0.4, 0.5) is 0 Å². The highest BCUT2D eigenvalue weighted by atomic mass is 16.5. The molecule has 2 bridgehead atoms. The summed E-state index contributed by atoms with van der Waals surface area (Å²) >= 11 is 0. The van der Waals surface area contributed by atoms with Crippen molar-refractivity contribution < 1.29 is 9.53 Å². The van der Waals surface area contributed by atoms with E-state index in [2.05, 4.69) is 5.32 Å². The van der Waals surface area contributed by atoms with Crippen molar-refractivity contribution in [2.24, 2.45) is 28.6 Å². The van der Waals surface area contributed by atoms with E-state index in [1.807, 2.05) is 0 Å². The molecular weight excluding hydrogens is 238 g/mol. The molecule has 1 spiro atoms. The first-order chi connectivity index (χ1) is 9.23. The van der Waals surface area contributed by atoms with E-state index in [4.69, 9.17) is 4.74 Å². The second kappa shape index (κ2) is 3.36. The van der Waals surface area contributed by atoms with Crippen LogP contribution in [-0.2, 0) is 9.53 Å². The highest BCUT2D eigenvalue weighted by Crippen LogP contribution is 2.87. The summed E-state index contributed by atoms with van der Waals surface area (Å²) in [5.74, 6) is 3.28. The van der Waals surface area contributed by atoms with Gasteiger partial charge in [-0.25, -0.2) is 0 Å². The van der Waals surface area contributed by atoms with Gasteiger partial charge in [0, 0.05) is 13.2 Å².